The van der Waals surface area contributed by atoms with Crippen LogP contribution in [0.25, 0.3) is 6.08 Å². The van der Waals surface area contributed by atoms with Crippen LogP contribution in [0.5, 0.6) is 11.5 Å². The third kappa shape index (κ3) is 3.78. The Labute approximate surface area is 129 Å². The maximum Gasteiger partial charge on any atom is 0.246 e. The summed E-state index contributed by atoms with van der Waals surface area (Å²) in [5.74, 6) is 0.583. The molecule has 0 spiro atoms. The van der Waals surface area contributed by atoms with Crippen molar-refractivity contribution in [3.8, 4) is 11.5 Å². The normalized spacial score (nSPS) is 17.7. The van der Waals surface area contributed by atoms with E-state index < -0.39 is 0 Å². The fraction of sp³-hybridized carbons (Fsp3) is 0.375. The van der Waals surface area contributed by atoms with Crippen molar-refractivity contribution < 1.29 is 19.1 Å². The standard InChI is InChI=1S/C16H20N2O4/c1-21-13-7-11(8-14(9-13)22-2)3-4-15(19)18-6-5-12(10-18)16(17)20/h3-4,7-9,12H,5-6,10H2,1-2H3,(H2,17,20)/b4-3+/t12-/m0/s1. The molecule has 1 atom stereocenters. The molecule has 2 amide bonds. The van der Waals surface area contributed by atoms with Crippen LogP contribution in [-0.4, -0.2) is 44.0 Å². The van der Waals surface area contributed by atoms with Gasteiger partial charge in [0.25, 0.3) is 0 Å². The van der Waals surface area contributed by atoms with Crippen LogP contribution in [0.1, 0.15) is 12.0 Å². The minimum absolute atomic E-state index is 0.134. The van der Waals surface area contributed by atoms with Crippen LogP contribution in [-0.2, 0) is 9.59 Å². The van der Waals surface area contributed by atoms with Gasteiger partial charge >= 0.3 is 0 Å². The van der Waals surface area contributed by atoms with Crippen LogP contribution < -0.4 is 15.2 Å². The van der Waals surface area contributed by atoms with E-state index in [0.717, 1.165) is 5.56 Å². The summed E-state index contributed by atoms with van der Waals surface area (Å²) < 4.78 is 10.4. The summed E-state index contributed by atoms with van der Waals surface area (Å²) in [5, 5.41) is 0. The molecular formula is C16H20N2O4. The number of carbonyl (C=O) groups excluding carboxylic acids is 2. The molecule has 0 aliphatic carbocycles. The van der Waals surface area contributed by atoms with E-state index in [1.54, 1.807) is 31.3 Å². The SMILES string of the molecule is COc1cc(/C=C/C(=O)N2CC[C@H](C(N)=O)C2)cc(OC)c1. The molecular weight excluding hydrogens is 284 g/mol. The second kappa shape index (κ2) is 6.98. The van der Waals surface area contributed by atoms with Crippen molar-refractivity contribution in [3.63, 3.8) is 0 Å². The molecule has 1 saturated heterocycles. The summed E-state index contributed by atoms with van der Waals surface area (Å²) >= 11 is 0. The van der Waals surface area contributed by atoms with Crippen LogP contribution in [0, 0.1) is 5.92 Å². The molecule has 0 aromatic heterocycles. The maximum atomic E-state index is 12.1. The molecule has 1 aromatic carbocycles. The van der Waals surface area contributed by atoms with E-state index >= 15 is 0 Å². The number of ether oxygens (including phenoxy) is 2. The van der Waals surface area contributed by atoms with Crippen LogP contribution in [0.4, 0.5) is 0 Å². The van der Waals surface area contributed by atoms with Crippen molar-refractivity contribution in [1.82, 2.24) is 4.90 Å². The average molecular weight is 304 g/mol. The Kier molecular flexibility index (Phi) is 5.04. The minimum Gasteiger partial charge on any atom is -0.497 e. The Bertz CT molecular complexity index is 576. The highest BCUT2D eigenvalue weighted by Gasteiger charge is 2.28. The molecule has 0 saturated carbocycles. The topological polar surface area (TPSA) is 81.9 Å². The Morgan fingerprint density at radius 2 is 1.86 bits per heavy atom. The smallest absolute Gasteiger partial charge is 0.246 e. The molecule has 1 aromatic rings. The minimum atomic E-state index is -0.350. The Balaban J connectivity index is 2.05. The van der Waals surface area contributed by atoms with Gasteiger partial charge in [-0.05, 0) is 30.2 Å². The lowest BCUT2D eigenvalue weighted by Gasteiger charge is -2.13. The number of hydrogen-bond acceptors (Lipinski definition) is 4. The van der Waals surface area contributed by atoms with Gasteiger partial charge in [-0.3, -0.25) is 9.59 Å². The first kappa shape index (κ1) is 15.9. The molecule has 2 rings (SSSR count). The number of benzene rings is 1. The number of hydrogen-bond donors (Lipinski definition) is 1. The zero-order valence-corrected chi connectivity index (χ0v) is 12.7. The van der Waals surface area contributed by atoms with Crippen molar-refractivity contribution in [3.05, 3.63) is 29.8 Å². The van der Waals surface area contributed by atoms with Crippen molar-refractivity contribution in [2.24, 2.45) is 11.7 Å². The number of nitrogens with zero attached hydrogens (tertiary/aromatic N) is 1. The zero-order chi connectivity index (χ0) is 16.1. The summed E-state index contributed by atoms with van der Waals surface area (Å²) in [7, 11) is 3.14. The highest BCUT2D eigenvalue weighted by Crippen LogP contribution is 2.23. The van der Waals surface area contributed by atoms with Crippen LogP contribution in [0.3, 0.4) is 0 Å². The fourth-order valence-corrected chi connectivity index (χ4v) is 2.39. The van der Waals surface area contributed by atoms with Crippen LogP contribution >= 0.6 is 0 Å². The number of amides is 2. The lowest BCUT2D eigenvalue weighted by Crippen LogP contribution is -2.30. The van der Waals surface area contributed by atoms with Gasteiger partial charge in [-0.2, -0.15) is 0 Å². The lowest BCUT2D eigenvalue weighted by atomic mass is 10.1. The van der Waals surface area contributed by atoms with Crippen molar-refractivity contribution >= 4 is 17.9 Å². The first-order chi connectivity index (χ1) is 10.5. The predicted octanol–water partition coefficient (Wildman–Crippen LogP) is 1.05. The van der Waals surface area contributed by atoms with Gasteiger partial charge in [0.1, 0.15) is 11.5 Å². The van der Waals surface area contributed by atoms with E-state index in [1.165, 1.54) is 6.08 Å². The largest absolute Gasteiger partial charge is 0.497 e. The molecule has 1 heterocycles. The average Bonchev–Trinajstić information content (AvgIpc) is 3.02. The molecule has 2 N–H and O–H groups in total. The van der Waals surface area contributed by atoms with Crippen LogP contribution in [0.15, 0.2) is 24.3 Å². The van der Waals surface area contributed by atoms with E-state index in [2.05, 4.69) is 0 Å². The number of nitrogens with two attached hydrogens (primary N) is 1. The van der Waals surface area contributed by atoms with Gasteiger partial charge in [0, 0.05) is 25.2 Å². The number of primary amides is 1. The molecule has 0 unspecified atom stereocenters. The summed E-state index contributed by atoms with van der Waals surface area (Å²) in [5.41, 5.74) is 6.07. The molecule has 1 fully saturated rings. The van der Waals surface area contributed by atoms with Gasteiger partial charge in [-0.25, -0.2) is 0 Å². The van der Waals surface area contributed by atoms with E-state index in [4.69, 9.17) is 15.2 Å². The van der Waals surface area contributed by atoms with Crippen molar-refractivity contribution in [1.29, 1.82) is 0 Å². The number of likely N-dealkylation sites (tertiary alicyclic amines) is 1. The molecule has 1 aliphatic rings. The molecule has 6 heteroatoms. The van der Waals surface area contributed by atoms with Gasteiger partial charge in [-0.15, -0.1) is 0 Å². The lowest BCUT2D eigenvalue weighted by molar-refractivity contribution is -0.125. The second-order valence-electron chi connectivity index (χ2n) is 5.15. The number of methoxy groups -OCH3 is 2. The number of rotatable bonds is 5. The van der Waals surface area contributed by atoms with E-state index in [0.29, 0.717) is 31.0 Å². The molecule has 6 nitrogen and oxygen atoms in total. The quantitative estimate of drug-likeness (QED) is 0.824. The van der Waals surface area contributed by atoms with Gasteiger partial charge in [0.2, 0.25) is 11.8 Å². The van der Waals surface area contributed by atoms with E-state index in [-0.39, 0.29) is 17.7 Å². The highest BCUT2D eigenvalue weighted by atomic mass is 16.5. The fourth-order valence-electron chi connectivity index (χ4n) is 2.39. The first-order valence-electron chi connectivity index (χ1n) is 7.03. The van der Waals surface area contributed by atoms with E-state index in [1.807, 2.05) is 12.1 Å². The van der Waals surface area contributed by atoms with Crippen molar-refractivity contribution in [2.45, 2.75) is 6.42 Å². The zero-order valence-electron chi connectivity index (χ0n) is 12.7. The highest BCUT2D eigenvalue weighted by molar-refractivity contribution is 5.92. The third-order valence-electron chi connectivity index (χ3n) is 3.69. The molecule has 1 aliphatic heterocycles. The second-order valence-corrected chi connectivity index (χ2v) is 5.15. The van der Waals surface area contributed by atoms with Gasteiger partial charge in [0.05, 0.1) is 20.1 Å². The van der Waals surface area contributed by atoms with Crippen LogP contribution in [0.2, 0.25) is 0 Å². The van der Waals surface area contributed by atoms with Gasteiger partial charge < -0.3 is 20.1 Å². The third-order valence-corrected chi connectivity index (χ3v) is 3.69. The summed E-state index contributed by atoms with van der Waals surface area (Å²) in [4.78, 5) is 24.9. The maximum absolute atomic E-state index is 12.1. The van der Waals surface area contributed by atoms with Crippen molar-refractivity contribution in [2.75, 3.05) is 27.3 Å². The van der Waals surface area contributed by atoms with Gasteiger partial charge in [0.15, 0.2) is 0 Å². The molecule has 0 radical (unpaired) electrons. The molecule has 118 valence electrons. The Morgan fingerprint density at radius 3 is 2.36 bits per heavy atom. The molecule has 0 bridgehead atoms. The predicted molar refractivity (Wildman–Crippen MR) is 82.5 cm³/mol. The van der Waals surface area contributed by atoms with E-state index in [9.17, 15) is 9.59 Å². The first-order valence-corrected chi connectivity index (χ1v) is 7.03. The Morgan fingerprint density at radius 1 is 1.23 bits per heavy atom. The summed E-state index contributed by atoms with van der Waals surface area (Å²) in [6.45, 7) is 0.943. The number of carbonyl (C=O) groups is 2. The summed E-state index contributed by atoms with van der Waals surface area (Å²) in [6, 6.07) is 5.38. The monoisotopic (exact) mass is 304 g/mol. The molecule has 22 heavy (non-hydrogen) atoms. The summed E-state index contributed by atoms with van der Waals surface area (Å²) in [6.07, 6.45) is 3.81. The Hall–Kier alpha value is -2.50. The van der Waals surface area contributed by atoms with Gasteiger partial charge in [-0.1, -0.05) is 0 Å².